The lowest BCUT2D eigenvalue weighted by Gasteiger charge is -2.25. The molecule has 0 saturated heterocycles. The molecule has 8 heteroatoms. The summed E-state index contributed by atoms with van der Waals surface area (Å²) >= 11 is 6.37. The Balaban J connectivity index is 2.51. The number of benzene rings is 1. The SMILES string of the molecule is O=[N+]([O-])C1=C(Oc2ccccc2F)C(Br)(Br)C=CC1O. The molecule has 0 aliphatic heterocycles. The second kappa shape index (κ2) is 5.63. The monoisotopic (exact) mass is 407 g/mol. The Kier molecular flexibility index (Phi) is 4.26. The lowest BCUT2D eigenvalue weighted by atomic mass is 10.1. The summed E-state index contributed by atoms with van der Waals surface area (Å²) in [6.07, 6.45) is 1.23. The number of halogens is 3. The van der Waals surface area contributed by atoms with Crippen molar-refractivity contribution in [2.75, 3.05) is 0 Å². The summed E-state index contributed by atoms with van der Waals surface area (Å²) < 4.78 is 17.7. The zero-order valence-electron chi connectivity index (χ0n) is 9.79. The van der Waals surface area contributed by atoms with Crippen molar-refractivity contribution in [2.45, 2.75) is 9.34 Å². The standard InChI is InChI=1S/C12H8Br2FNO4/c13-12(14)6-5-8(17)10(16(18)19)11(12)20-9-4-2-1-3-7(9)15/h1-6,8,17H. The molecule has 0 fully saturated rings. The first-order valence-corrected chi connectivity index (χ1v) is 6.98. The van der Waals surface area contributed by atoms with Crippen LogP contribution < -0.4 is 4.74 Å². The smallest absolute Gasteiger partial charge is 0.318 e. The fourth-order valence-electron chi connectivity index (χ4n) is 1.63. The van der Waals surface area contributed by atoms with E-state index in [1.54, 1.807) is 0 Å². The van der Waals surface area contributed by atoms with E-state index in [0.29, 0.717) is 0 Å². The van der Waals surface area contributed by atoms with Gasteiger partial charge in [0.1, 0.15) is 0 Å². The summed E-state index contributed by atoms with van der Waals surface area (Å²) in [6.45, 7) is 0. The molecule has 0 saturated carbocycles. The van der Waals surface area contributed by atoms with Crippen molar-refractivity contribution in [1.29, 1.82) is 0 Å². The van der Waals surface area contributed by atoms with Crippen molar-refractivity contribution in [3.05, 3.63) is 63.8 Å². The highest BCUT2D eigenvalue weighted by atomic mass is 79.9. The Morgan fingerprint density at radius 1 is 1.40 bits per heavy atom. The highest BCUT2D eigenvalue weighted by Crippen LogP contribution is 2.42. The summed E-state index contributed by atoms with van der Waals surface area (Å²) in [7, 11) is 0. The summed E-state index contributed by atoms with van der Waals surface area (Å²) in [6, 6.07) is 5.50. The normalized spacial score (nSPS) is 20.9. The van der Waals surface area contributed by atoms with Gasteiger partial charge in [-0.15, -0.1) is 0 Å². The van der Waals surface area contributed by atoms with Crippen LogP contribution in [0.5, 0.6) is 5.75 Å². The first-order valence-electron chi connectivity index (χ1n) is 5.39. The molecule has 1 aromatic carbocycles. The summed E-state index contributed by atoms with van der Waals surface area (Å²) in [5.74, 6) is -1.07. The topological polar surface area (TPSA) is 72.6 Å². The van der Waals surface area contributed by atoms with Crippen LogP contribution in [-0.2, 0) is 0 Å². The van der Waals surface area contributed by atoms with E-state index >= 15 is 0 Å². The van der Waals surface area contributed by atoms with Gasteiger partial charge in [-0.25, -0.2) is 4.39 Å². The molecule has 1 unspecified atom stereocenters. The van der Waals surface area contributed by atoms with Crippen molar-refractivity contribution in [3.63, 3.8) is 0 Å². The number of aliphatic hydroxyl groups excluding tert-OH is 1. The van der Waals surface area contributed by atoms with Crippen molar-refractivity contribution in [3.8, 4) is 5.75 Å². The van der Waals surface area contributed by atoms with Gasteiger partial charge < -0.3 is 9.84 Å². The van der Waals surface area contributed by atoms with E-state index in [9.17, 15) is 19.6 Å². The van der Waals surface area contributed by atoms with Gasteiger partial charge in [0.25, 0.3) is 0 Å². The number of hydrogen-bond acceptors (Lipinski definition) is 4. The molecule has 106 valence electrons. The van der Waals surface area contributed by atoms with Crippen molar-refractivity contribution in [2.24, 2.45) is 0 Å². The lowest BCUT2D eigenvalue weighted by molar-refractivity contribution is -0.437. The molecule has 0 heterocycles. The Labute approximate surface area is 130 Å². The van der Waals surface area contributed by atoms with E-state index in [1.165, 1.54) is 36.4 Å². The molecule has 1 aliphatic rings. The minimum atomic E-state index is -1.44. The molecule has 1 N–H and O–H groups in total. The number of hydrogen-bond donors (Lipinski definition) is 1. The van der Waals surface area contributed by atoms with Crippen LogP contribution in [0.3, 0.4) is 0 Å². The van der Waals surface area contributed by atoms with E-state index in [0.717, 1.165) is 0 Å². The number of ether oxygens (including phenoxy) is 1. The van der Waals surface area contributed by atoms with Crippen LogP contribution in [0.15, 0.2) is 47.9 Å². The van der Waals surface area contributed by atoms with Gasteiger partial charge in [0, 0.05) is 0 Å². The third-order valence-corrected chi connectivity index (χ3v) is 3.80. The van der Waals surface area contributed by atoms with Crippen molar-refractivity contribution in [1.82, 2.24) is 0 Å². The minimum Gasteiger partial charge on any atom is -0.449 e. The summed E-state index contributed by atoms with van der Waals surface area (Å²) in [5, 5.41) is 20.8. The van der Waals surface area contributed by atoms with Crippen LogP contribution in [0.1, 0.15) is 0 Å². The van der Waals surface area contributed by atoms with E-state index in [1.807, 2.05) is 0 Å². The molecule has 20 heavy (non-hydrogen) atoms. The first kappa shape index (κ1) is 15.1. The molecule has 0 aromatic heterocycles. The molecule has 0 spiro atoms. The molecule has 1 aliphatic carbocycles. The van der Waals surface area contributed by atoms with E-state index in [4.69, 9.17) is 4.74 Å². The number of aliphatic hydroxyl groups is 1. The van der Waals surface area contributed by atoms with E-state index in [-0.39, 0.29) is 11.5 Å². The van der Waals surface area contributed by atoms with Crippen molar-refractivity contribution >= 4 is 31.9 Å². The lowest BCUT2D eigenvalue weighted by Crippen LogP contribution is -2.31. The number of nitrogens with zero attached hydrogens (tertiary/aromatic N) is 1. The number of allylic oxidation sites excluding steroid dienone is 1. The average molecular weight is 409 g/mol. The van der Waals surface area contributed by atoms with Gasteiger partial charge in [-0.05, 0) is 18.2 Å². The maximum atomic E-state index is 13.6. The van der Waals surface area contributed by atoms with Gasteiger partial charge in [-0.2, -0.15) is 0 Å². The predicted molar refractivity (Wildman–Crippen MR) is 76.8 cm³/mol. The molecule has 0 amide bonds. The fourth-order valence-corrected chi connectivity index (χ4v) is 2.51. The Hall–Kier alpha value is -1.25. The number of nitro groups is 1. The molecule has 2 rings (SSSR count). The second-order valence-corrected chi connectivity index (χ2v) is 7.50. The molecular weight excluding hydrogens is 401 g/mol. The molecular formula is C12H8Br2FNO4. The summed E-state index contributed by atoms with van der Waals surface area (Å²) in [5.41, 5.74) is -0.565. The average Bonchev–Trinajstić information content (AvgIpc) is 2.36. The molecule has 0 bridgehead atoms. The van der Waals surface area contributed by atoms with Gasteiger partial charge in [-0.3, -0.25) is 10.1 Å². The zero-order valence-corrected chi connectivity index (χ0v) is 13.0. The van der Waals surface area contributed by atoms with Gasteiger partial charge in [0.05, 0.1) is 4.92 Å². The Bertz CT molecular complexity index is 615. The van der Waals surface area contributed by atoms with Crippen LogP contribution in [-0.4, -0.2) is 19.4 Å². The largest absolute Gasteiger partial charge is 0.449 e. The third kappa shape index (κ3) is 2.92. The maximum Gasteiger partial charge on any atom is 0.318 e. The number of para-hydroxylation sites is 1. The summed E-state index contributed by atoms with van der Waals surface area (Å²) in [4.78, 5) is 10.3. The molecule has 5 nitrogen and oxygen atoms in total. The maximum absolute atomic E-state index is 13.6. The fraction of sp³-hybridized carbons (Fsp3) is 0.167. The highest BCUT2D eigenvalue weighted by molar-refractivity contribution is 9.25. The van der Waals surface area contributed by atoms with Crippen molar-refractivity contribution < 1.29 is 19.2 Å². The van der Waals surface area contributed by atoms with Gasteiger partial charge in [0.2, 0.25) is 5.76 Å². The van der Waals surface area contributed by atoms with Crippen LogP contribution >= 0.6 is 31.9 Å². The Morgan fingerprint density at radius 2 is 2.05 bits per heavy atom. The van der Waals surface area contributed by atoms with Crippen LogP contribution in [0.2, 0.25) is 0 Å². The van der Waals surface area contributed by atoms with Gasteiger partial charge in [0.15, 0.2) is 20.9 Å². The second-order valence-electron chi connectivity index (χ2n) is 3.93. The minimum absolute atomic E-state index is 0.173. The predicted octanol–water partition coefficient (Wildman–Crippen LogP) is 3.11. The van der Waals surface area contributed by atoms with Crippen LogP contribution in [0.4, 0.5) is 4.39 Å². The number of alkyl halides is 2. The number of rotatable bonds is 3. The molecule has 1 aromatic rings. The molecule has 0 radical (unpaired) electrons. The third-order valence-electron chi connectivity index (χ3n) is 2.55. The zero-order chi connectivity index (χ0) is 14.9. The quantitative estimate of drug-likeness (QED) is 0.361. The van der Waals surface area contributed by atoms with Gasteiger partial charge in [-0.1, -0.05) is 50.1 Å². The van der Waals surface area contributed by atoms with E-state index < -0.39 is 25.8 Å². The first-order chi connectivity index (χ1) is 9.33. The molecule has 1 atom stereocenters. The van der Waals surface area contributed by atoms with Gasteiger partial charge >= 0.3 is 5.70 Å². The van der Waals surface area contributed by atoms with E-state index in [2.05, 4.69) is 31.9 Å². The highest BCUT2D eigenvalue weighted by Gasteiger charge is 2.43. The van der Waals surface area contributed by atoms with Crippen LogP contribution in [0.25, 0.3) is 0 Å². The van der Waals surface area contributed by atoms with Crippen LogP contribution in [0, 0.1) is 15.9 Å². The Morgan fingerprint density at radius 3 is 2.65 bits per heavy atom.